The molecule has 2 saturated heterocycles. The molecular formula is C33H32N6O14S2. The van der Waals surface area contributed by atoms with Gasteiger partial charge in [-0.05, 0) is 36.6 Å². The minimum absolute atomic E-state index is 0.00199. The zero-order chi connectivity index (χ0) is 40.2. The number of thioether (sulfide) groups is 1. The Morgan fingerprint density at radius 3 is 2.31 bits per heavy atom. The van der Waals surface area contributed by atoms with Crippen LogP contribution in [-0.2, 0) is 53.6 Å². The standard InChI is InChI=1S/C33H32N6O14S2/c1-4-37-9-10-38(26(45)25(37)44)33(35-16-41,23-6-5-11-54-23)29(49)36-32(34-15-40)30(50)39-24(27(46)47)20(14-55-31(32)39)13-51-28(48)19-7-8-21(52-17(2)42)22(12-19)53-18(3)43/h5-8,11-12,15-16,31H,4,9-10,13-14H2,1-3H3,(H,34,40)(H,35,41)(H,36,49)(H,46,47)/t31-,32-,33-/m1/s1. The third-order valence-electron chi connectivity index (χ3n) is 8.59. The first-order valence-electron chi connectivity index (χ1n) is 16.2. The van der Waals surface area contributed by atoms with Crippen molar-refractivity contribution < 1.29 is 67.3 Å². The van der Waals surface area contributed by atoms with Crippen molar-refractivity contribution in [3.05, 3.63) is 57.4 Å². The number of carbonyl (C=O) groups is 10. The first-order chi connectivity index (χ1) is 26.2. The smallest absolute Gasteiger partial charge is 0.352 e. The molecule has 0 bridgehead atoms. The fourth-order valence-electron chi connectivity index (χ4n) is 6.17. The van der Waals surface area contributed by atoms with Crippen molar-refractivity contribution in [3.8, 4) is 11.5 Å². The van der Waals surface area contributed by atoms with Gasteiger partial charge in [0, 0.05) is 44.8 Å². The molecule has 55 heavy (non-hydrogen) atoms. The summed E-state index contributed by atoms with van der Waals surface area (Å²) in [5, 5.41) is 17.5. The lowest BCUT2D eigenvalue weighted by atomic mass is 9.93. The molecule has 4 N–H and O–H groups in total. The van der Waals surface area contributed by atoms with E-state index < -0.39 is 76.5 Å². The van der Waals surface area contributed by atoms with Crippen LogP contribution in [0.25, 0.3) is 0 Å². The van der Waals surface area contributed by atoms with Crippen LogP contribution in [0.3, 0.4) is 0 Å². The maximum Gasteiger partial charge on any atom is 0.352 e. The normalized spacial score (nSPS) is 20.3. The zero-order valence-electron chi connectivity index (χ0n) is 29.1. The highest BCUT2D eigenvalue weighted by Gasteiger charge is 2.68. The number of hydrogen-bond acceptors (Lipinski definition) is 15. The number of hydrogen-bond donors (Lipinski definition) is 4. The Balaban J connectivity index is 1.44. The molecule has 3 aliphatic heterocycles. The van der Waals surface area contributed by atoms with Crippen molar-refractivity contribution in [2.75, 3.05) is 32.0 Å². The third-order valence-corrected chi connectivity index (χ3v) is 11.0. The van der Waals surface area contributed by atoms with Crippen molar-refractivity contribution in [2.24, 2.45) is 0 Å². The molecule has 0 unspecified atom stereocenters. The number of carbonyl (C=O) groups excluding carboxylic acids is 9. The number of piperazine rings is 1. The molecule has 4 heterocycles. The van der Waals surface area contributed by atoms with Gasteiger partial charge in [-0.3, -0.25) is 48.2 Å². The number of thiophene rings is 1. The molecular weight excluding hydrogens is 769 g/mol. The van der Waals surface area contributed by atoms with Crippen molar-refractivity contribution in [3.63, 3.8) is 0 Å². The highest BCUT2D eigenvalue weighted by atomic mass is 32.2. The Bertz CT molecular complexity index is 2020. The summed E-state index contributed by atoms with van der Waals surface area (Å²) in [6.07, 6.45) is 0.237. The summed E-state index contributed by atoms with van der Waals surface area (Å²) in [5.74, 6) is -9.19. The molecule has 2 fully saturated rings. The number of aliphatic carboxylic acids is 1. The van der Waals surface area contributed by atoms with Crippen LogP contribution >= 0.6 is 23.1 Å². The van der Waals surface area contributed by atoms with Gasteiger partial charge in [-0.15, -0.1) is 23.1 Å². The predicted molar refractivity (Wildman–Crippen MR) is 186 cm³/mol. The van der Waals surface area contributed by atoms with E-state index in [2.05, 4.69) is 16.0 Å². The van der Waals surface area contributed by atoms with Gasteiger partial charge < -0.3 is 40.2 Å². The van der Waals surface area contributed by atoms with Crippen molar-refractivity contribution >= 4 is 83.4 Å². The molecule has 1 aromatic heterocycles. The van der Waals surface area contributed by atoms with Gasteiger partial charge >= 0.3 is 35.7 Å². The molecule has 1 aromatic carbocycles. The third kappa shape index (κ3) is 7.19. The quantitative estimate of drug-likeness (QED) is 0.0414. The molecule has 6 amide bonds. The molecule has 0 radical (unpaired) electrons. The largest absolute Gasteiger partial charge is 0.477 e. The molecule has 5 rings (SSSR count). The number of ether oxygens (including phenoxy) is 3. The Labute approximate surface area is 319 Å². The van der Waals surface area contributed by atoms with Crippen molar-refractivity contribution in [2.45, 2.75) is 37.5 Å². The maximum absolute atomic E-state index is 14.5. The lowest BCUT2D eigenvalue weighted by Crippen LogP contribution is -2.87. The summed E-state index contributed by atoms with van der Waals surface area (Å²) >= 11 is 1.83. The van der Waals surface area contributed by atoms with Gasteiger partial charge in [0.05, 0.1) is 10.4 Å². The van der Waals surface area contributed by atoms with Crippen LogP contribution in [0.15, 0.2) is 47.0 Å². The highest BCUT2D eigenvalue weighted by molar-refractivity contribution is 8.00. The number of carboxylic acids is 1. The Morgan fingerprint density at radius 2 is 1.71 bits per heavy atom. The summed E-state index contributed by atoms with van der Waals surface area (Å²) in [7, 11) is 0. The van der Waals surface area contributed by atoms with Crippen LogP contribution < -0.4 is 25.4 Å². The average molecular weight is 801 g/mol. The van der Waals surface area contributed by atoms with Gasteiger partial charge in [-0.25, -0.2) is 9.59 Å². The van der Waals surface area contributed by atoms with Crippen LogP contribution in [0, 0.1) is 0 Å². The summed E-state index contributed by atoms with van der Waals surface area (Å²) < 4.78 is 15.4. The SMILES string of the molecule is CCN1CCN([C@@](NC=O)(C(=O)N[C@]2(NC=O)C(=O)N3C(C(=O)O)=C(COC(=O)c4ccc(OC(C)=O)c(OC(C)=O)c4)CS[C@@H]32)c2cccs2)C(=O)C1=O. The topological polar surface area (TPSA) is 264 Å². The molecule has 3 aliphatic rings. The summed E-state index contributed by atoms with van der Waals surface area (Å²) in [6.45, 7) is 3.17. The summed E-state index contributed by atoms with van der Waals surface area (Å²) in [6, 6.07) is 6.40. The average Bonchev–Trinajstić information content (AvgIpc) is 3.69. The minimum Gasteiger partial charge on any atom is -0.477 e. The molecule has 290 valence electrons. The fourth-order valence-corrected chi connectivity index (χ4v) is 8.47. The van der Waals surface area contributed by atoms with E-state index in [4.69, 9.17) is 14.2 Å². The Morgan fingerprint density at radius 1 is 1.00 bits per heavy atom. The second-order valence-corrected chi connectivity index (χ2v) is 13.9. The monoisotopic (exact) mass is 800 g/mol. The molecule has 0 saturated carbocycles. The molecule has 22 heteroatoms. The van der Waals surface area contributed by atoms with Gasteiger partial charge in [-0.1, -0.05) is 6.07 Å². The minimum atomic E-state index is -2.39. The van der Waals surface area contributed by atoms with Gasteiger partial charge in [-0.2, -0.15) is 0 Å². The first-order valence-corrected chi connectivity index (χ1v) is 18.1. The molecule has 20 nitrogen and oxygen atoms in total. The van der Waals surface area contributed by atoms with Crippen LogP contribution in [0.5, 0.6) is 11.5 Å². The number of rotatable bonds is 15. The lowest BCUT2D eigenvalue weighted by Gasteiger charge is -2.57. The number of esters is 3. The highest BCUT2D eigenvalue weighted by Crippen LogP contribution is 2.46. The molecule has 3 atom stereocenters. The maximum atomic E-state index is 14.5. The molecule has 2 aromatic rings. The second kappa shape index (κ2) is 16.0. The van der Waals surface area contributed by atoms with Crippen molar-refractivity contribution in [1.82, 2.24) is 30.7 Å². The summed E-state index contributed by atoms with van der Waals surface area (Å²) in [5.41, 5.74) is -5.55. The number of amides is 6. The summed E-state index contributed by atoms with van der Waals surface area (Å²) in [4.78, 5) is 131. The first kappa shape index (κ1) is 39.9. The van der Waals surface area contributed by atoms with E-state index in [0.29, 0.717) is 0 Å². The van der Waals surface area contributed by atoms with E-state index in [-0.39, 0.29) is 65.7 Å². The number of benzene rings is 1. The molecule has 0 aliphatic carbocycles. The van der Waals surface area contributed by atoms with E-state index in [1.165, 1.54) is 29.2 Å². The van der Waals surface area contributed by atoms with Gasteiger partial charge in [0.1, 0.15) is 17.7 Å². The Kier molecular flexibility index (Phi) is 11.6. The van der Waals surface area contributed by atoms with E-state index in [0.717, 1.165) is 52.8 Å². The number of likely N-dealkylation sites (N-methyl/N-ethyl adjacent to an activating group) is 1. The Hall–Kier alpha value is -6.29. The van der Waals surface area contributed by atoms with E-state index >= 15 is 0 Å². The number of fused-ring (bicyclic) bond motifs is 1. The lowest BCUT2D eigenvalue weighted by molar-refractivity contribution is -0.171. The van der Waals surface area contributed by atoms with Crippen LogP contribution in [0.4, 0.5) is 0 Å². The molecule has 0 spiro atoms. The fraction of sp³-hybridized carbons (Fsp3) is 0.333. The van der Waals surface area contributed by atoms with Crippen LogP contribution in [0.1, 0.15) is 36.0 Å². The van der Waals surface area contributed by atoms with Crippen molar-refractivity contribution in [1.29, 1.82) is 0 Å². The zero-order valence-corrected chi connectivity index (χ0v) is 30.8. The van der Waals surface area contributed by atoms with E-state index in [9.17, 15) is 53.1 Å². The van der Waals surface area contributed by atoms with Crippen LogP contribution in [0.2, 0.25) is 0 Å². The predicted octanol–water partition coefficient (Wildman–Crippen LogP) is -1.14. The van der Waals surface area contributed by atoms with Gasteiger partial charge in [0.25, 0.3) is 11.8 Å². The number of nitrogens with zero attached hydrogens (tertiary/aromatic N) is 3. The van der Waals surface area contributed by atoms with Gasteiger partial charge in [0.15, 0.2) is 11.5 Å². The van der Waals surface area contributed by atoms with Gasteiger partial charge in [0.2, 0.25) is 24.1 Å². The number of β-lactam (4-membered cyclic amide) rings is 1. The number of nitrogens with one attached hydrogen (secondary N) is 3. The van der Waals surface area contributed by atoms with E-state index in [1.807, 2.05) is 0 Å². The number of carboxylic acid groups (broad SMARTS) is 1. The second-order valence-electron chi connectivity index (χ2n) is 11.8. The van der Waals surface area contributed by atoms with E-state index in [1.54, 1.807) is 12.3 Å². The van der Waals surface area contributed by atoms with Crippen LogP contribution in [-0.4, -0.2) is 123 Å².